The molecule has 1 aliphatic rings. The van der Waals surface area contributed by atoms with E-state index in [-0.39, 0.29) is 18.2 Å². The lowest BCUT2D eigenvalue weighted by molar-refractivity contribution is -0.123. The number of fused-ring (bicyclic) bond motifs is 1. The number of hydrogen-bond acceptors (Lipinski definition) is 5. The summed E-state index contributed by atoms with van der Waals surface area (Å²) in [5, 5.41) is 9.76. The number of halogens is 1. The summed E-state index contributed by atoms with van der Waals surface area (Å²) in [5.41, 5.74) is 1.93. The molecule has 4 rings (SSSR count). The molecule has 2 aromatic carbocycles. The van der Waals surface area contributed by atoms with E-state index < -0.39 is 11.9 Å². The molecule has 0 bridgehead atoms. The average Bonchev–Trinajstić information content (AvgIpc) is 3.28. The van der Waals surface area contributed by atoms with Gasteiger partial charge in [0.05, 0.1) is 26.8 Å². The standard InChI is InChI=1S/C21H19FN4O4/c1-29-17-8-3-12(9-18(17)30-2)15-11-23-26-16(21(28)25-20(15)26)10-19(27)24-14-6-4-13(22)5-7-14/h3-9,11,16H,10H2,1-2H3,(H,24,27)(H,25,28). The van der Waals surface area contributed by atoms with Crippen LogP contribution >= 0.6 is 0 Å². The van der Waals surface area contributed by atoms with Crippen LogP contribution in [0.1, 0.15) is 12.5 Å². The van der Waals surface area contributed by atoms with Crippen LogP contribution in [-0.2, 0) is 9.59 Å². The van der Waals surface area contributed by atoms with Crippen molar-refractivity contribution in [2.45, 2.75) is 12.5 Å². The number of carbonyl (C=O) groups excluding carboxylic acids is 2. The van der Waals surface area contributed by atoms with Gasteiger partial charge in [-0.2, -0.15) is 5.10 Å². The molecular weight excluding hydrogens is 391 g/mol. The van der Waals surface area contributed by atoms with Gasteiger partial charge in [-0.1, -0.05) is 6.07 Å². The molecule has 2 heterocycles. The second-order valence-electron chi connectivity index (χ2n) is 6.69. The molecule has 9 heteroatoms. The Kier molecular flexibility index (Phi) is 5.09. The van der Waals surface area contributed by atoms with Crippen molar-refractivity contribution in [1.29, 1.82) is 0 Å². The summed E-state index contributed by atoms with van der Waals surface area (Å²) in [4.78, 5) is 24.9. The Hall–Kier alpha value is -3.88. The van der Waals surface area contributed by atoms with Crippen molar-refractivity contribution in [3.05, 3.63) is 54.5 Å². The zero-order valence-electron chi connectivity index (χ0n) is 16.3. The number of aromatic nitrogens is 2. The summed E-state index contributed by atoms with van der Waals surface area (Å²) in [6.45, 7) is 0. The predicted octanol–water partition coefficient (Wildman–Crippen LogP) is 3.23. The number of anilines is 2. The van der Waals surface area contributed by atoms with E-state index in [1.54, 1.807) is 32.5 Å². The van der Waals surface area contributed by atoms with Crippen molar-refractivity contribution in [2.75, 3.05) is 24.9 Å². The number of methoxy groups -OCH3 is 2. The van der Waals surface area contributed by atoms with Crippen LogP contribution in [0.2, 0.25) is 0 Å². The van der Waals surface area contributed by atoms with Crippen molar-refractivity contribution >= 4 is 23.3 Å². The summed E-state index contributed by atoms with van der Waals surface area (Å²) >= 11 is 0. The Balaban J connectivity index is 1.55. The molecule has 1 aromatic heterocycles. The van der Waals surface area contributed by atoms with Gasteiger partial charge in [0, 0.05) is 11.3 Å². The van der Waals surface area contributed by atoms with Gasteiger partial charge in [-0.25, -0.2) is 9.07 Å². The normalized spacial score (nSPS) is 14.8. The van der Waals surface area contributed by atoms with Gasteiger partial charge in [-0.3, -0.25) is 9.59 Å². The van der Waals surface area contributed by atoms with Gasteiger partial charge in [0.2, 0.25) is 5.91 Å². The molecule has 0 aliphatic carbocycles. The minimum absolute atomic E-state index is 0.108. The Labute approximate surface area is 171 Å². The van der Waals surface area contributed by atoms with Gasteiger partial charge in [0.1, 0.15) is 17.7 Å². The molecule has 8 nitrogen and oxygen atoms in total. The molecule has 154 valence electrons. The van der Waals surface area contributed by atoms with Gasteiger partial charge < -0.3 is 20.1 Å². The first-order valence-corrected chi connectivity index (χ1v) is 9.16. The van der Waals surface area contributed by atoms with E-state index in [1.807, 2.05) is 6.07 Å². The van der Waals surface area contributed by atoms with Gasteiger partial charge in [-0.05, 0) is 42.0 Å². The molecule has 1 unspecified atom stereocenters. The second-order valence-corrected chi connectivity index (χ2v) is 6.69. The fourth-order valence-corrected chi connectivity index (χ4v) is 3.35. The Morgan fingerprint density at radius 1 is 1.17 bits per heavy atom. The molecule has 0 radical (unpaired) electrons. The van der Waals surface area contributed by atoms with Crippen molar-refractivity contribution in [2.24, 2.45) is 0 Å². The third kappa shape index (κ3) is 3.57. The van der Waals surface area contributed by atoms with Crippen molar-refractivity contribution in [3.8, 4) is 22.6 Å². The molecule has 30 heavy (non-hydrogen) atoms. The highest BCUT2D eigenvalue weighted by Gasteiger charge is 2.35. The maximum atomic E-state index is 13.0. The molecular formula is C21H19FN4O4. The Bertz CT molecular complexity index is 1110. The number of benzene rings is 2. The molecule has 1 aliphatic heterocycles. The number of ether oxygens (including phenoxy) is 2. The number of hydrogen-bond donors (Lipinski definition) is 2. The predicted molar refractivity (Wildman–Crippen MR) is 108 cm³/mol. The highest BCUT2D eigenvalue weighted by Crippen LogP contribution is 2.39. The largest absolute Gasteiger partial charge is 0.493 e. The highest BCUT2D eigenvalue weighted by molar-refractivity contribution is 6.04. The number of nitrogens with one attached hydrogen (secondary N) is 2. The van der Waals surface area contributed by atoms with E-state index in [9.17, 15) is 14.0 Å². The quantitative estimate of drug-likeness (QED) is 0.651. The molecule has 0 spiro atoms. The minimum atomic E-state index is -0.783. The van der Waals surface area contributed by atoms with Crippen LogP contribution in [0.3, 0.4) is 0 Å². The molecule has 0 saturated heterocycles. The van der Waals surface area contributed by atoms with Gasteiger partial charge in [-0.15, -0.1) is 0 Å². The number of rotatable bonds is 6. The lowest BCUT2D eigenvalue weighted by Crippen LogP contribution is -2.23. The van der Waals surface area contributed by atoms with Crippen LogP contribution in [0, 0.1) is 5.82 Å². The lowest BCUT2D eigenvalue weighted by atomic mass is 10.1. The lowest BCUT2D eigenvalue weighted by Gasteiger charge is -2.10. The summed E-state index contributed by atoms with van der Waals surface area (Å²) in [6.07, 6.45) is 1.52. The summed E-state index contributed by atoms with van der Waals surface area (Å²) in [5.74, 6) is 0.546. The first kappa shape index (κ1) is 19.4. The Morgan fingerprint density at radius 2 is 1.90 bits per heavy atom. The van der Waals surface area contributed by atoms with E-state index in [4.69, 9.17) is 9.47 Å². The van der Waals surface area contributed by atoms with Crippen LogP contribution in [-0.4, -0.2) is 35.8 Å². The number of nitrogens with zero attached hydrogens (tertiary/aromatic N) is 2. The van der Waals surface area contributed by atoms with Crippen LogP contribution in [0.5, 0.6) is 11.5 Å². The minimum Gasteiger partial charge on any atom is -0.493 e. The van der Waals surface area contributed by atoms with Crippen LogP contribution in [0.15, 0.2) is 48.7 Å². The topological polar surface area (TPSA) is 94.5 Å². The SMILES string of the molecule is COc1ccc(-c2cnn3c2NC(=O)C3CC(=O)Nc2ccc(F)cc2)cc1OC. The highest BCUT2D eigenvalue weighted by atomic mass is 19.1. The van der Waals surface area contributed by atoms with Crippen LogP contribution in [0.4, 0.5) is 15.9 Å². The molecule has 3 aromatic rings. The third-order valence-corrected chi connectivity index (χ3v) is 4.84. The second kappa shape index (κ2) is 7.86. The molecule has 1 atom stereocenters. The molecule has 0 fully saturated rings. The maximum absolute atomic E-state index is 13.0. The third-order valence-electron chi connectivity index (χ3n) is 4.84. The summed E-state index contributed by atoms with van der Waals surface area (Å²) < 4.78 is 25.1. The smallest absolute Gasteiger partial charge is 0.251 e. The summed E-state index contributed by atoms with van der Waals surface area (Å²) in [6, 6.07) is 10.0. The molecule has 0 saturated carbocycles. The first-order valence-electron chi connectivity index (χ1n) is 9.16. The van der Waals surface area contributed by atoms with E-state index >= 15 is 0 Å². The Morgan fingerprint density at radius 3 is 2.60 bits per heavy atom. The van der Waals surface area contributed by atoms with Crippen LogP contribution < -0.4 is 20.1 Å². The van der Waals surface area contributed by atoms with Crippen LogP contribution in [0.25, 0.3) is 11.1 Å². The van der Waals surface area contributed by atoms with Gasteiger partial charge in [0.15, 0.2) is 11.5 Å². The monoisotopic (exact) mass is 410 g/mol. The van der Waals surface area contributed by atoms with Crippen molar-refractivity contribution < 1.29 is 23.5 Å². The molecule has 2 amide bonds. The maximum Gasteiger partial charge on any atom is 0.251 e. The van der Waals surface area contributed by atoms with E-state index in [0.29, 0.717) is 28.6 Å². The zero-order valence-corrected chi connectivity index (χ0v) is 16.3. The van der Waals surface area contributed by atoms with E-state index in [1.165, 1.54) is 28.9 Å². The fraction of sp³-hybridized carbons (Fsp3) is 0.190. The fourth-order valence-electron chi connectivity index (χ4n) is 3.35. The zero-order chi connectivity index (χ0) is 21.3. The summed E-state index contributed by atoms with van der Waals surface area (Å²) in [7, 11) is 3.10. The van der Waals surface area contributed by atoms with Crippen molar-refractivity contribution in [1.82, 2.24) is 9.78 Å². The van der Waals surface area contributed by atoms with E-state index in [0.717, 1.165) is 5.56 Å². The van der Waals surface area contributed by atoms with E-state index in [2.05, 4.69) is 15.7 Å². The first-order chi connectivity index (χ1) is 14.5. The van der Waals surface area contributed by atoms with Gasteiger partial charge in [0.25, 0.3) is 5.91 Å². The number of carbonyl (C=O) groups is 2. The molecule has 2 N–H and O–H groups in total. The average molecular weight is 410 g/mol. The number of amides is 2. The van der Waals surface area contributed by atoms with Gasteiger partial charge >= 0.3 is 0 Å². The van der Waals surface area contributed by atoms with Crippen molar-refractivity contribution in [3.63, 3.8) is 0 Å².